The monoisotopic (exact) mass is 365 g/mol. The van der Waals surface area contributed by atoms with E-state index in [-0.39, 0.29) is 12.1 Å². The van der Waals surface area contributed by atoms with Gasteiger partial charge in [0.2, 0.25) is 10.0 Å². The highest BCUT2D eigenvalue weighted by Crippen LogP contribution is 2.12. The third-order valence-electron chi connectivity index (χ3n) is 4.24. The van der Waals surface area contributed by atoms with Crippen molar-refractivity contribution in [3.8, 4) is 0 Å². The zero-order chi connectivity index (χ0) is 17.9. The summed E-state index contributed by atoms with van der Waals surface area (Å²) in [7, 11) is -3.20. The van der Waals surface area contributed by atoms with Crippen LogP contribution in [0.2, 0.25) is 0 Å². The first-order valence-electron chi connectivity index (χ1n) is 8.34. The van der Waals surface area contributed by atoms with Crippen LogP contribution < -0.4 is 10.0 Å². The number of nitrogens with one attached hydrogen (secondary N) is 3. The fourth-order valence-corrected chi connectivity index (χ4v) is 3.87. The molecule has 0 radical (unpaired) electrons. The number of imidazole rings is 1. The Hall–Kier alpha value is -2.13. The second-order valence-corrected chi connectivity index (χ2v) is 8.11. The van der Waals surface area contributed by atoms with Crippen LogP contribution in [0.15, 0.2) is 24.3 Å². The molecular weight excluding hydrogens is 342 g/mol. The molecule has 3 N–H and O–H groups in total. The van der Waals surface area contributed by atoms with E-state index in [2.05, 4.69) is 20.0 Å². The number of para-hydroxylation sites is 2. The molecule has 25 heavy (non-hydrogen) atoms. The van der Waals surface area contributed by atoms with Gasteiger partial charge in [0.1, 0.15) is 5.82 Å². The van der Waals surface area contributed by atoms with E-state index in [9.17, 15) is 13.2 Å². The molecule has 8 nitrogen and oxygen atoms in total. The van der Waals surface area contributed by atoms with Crippen LogP contribution in [0.3, 0.4) is 0 Å². The summed E-state index contributed by atoms with van der Waals surface area (Å²) in [5.74, 6) is 0.845. The van der Waals surface area contributed by atoms with Crippen molar-refractivity contribution < 1.29 is 13.2 Å². The summed E-state index contributed by atoms with van der Waals surface area (Å²) in [5, 5.41) is 2.90. The van der Waals surface area contributed by atoms with E-state index in [4.69, 9.17) is 0 Å². The van der Waals surface area contributed by atoms with Crippen molar-refractivity contribution in [3.63, 3.8) is 0 Å². The van der Waals surface area contributed by atoms with Gasteiger partial charge in [0.15, 0.2) is 0 Å². The molecule has 1 aromatic carbocycles. The summed E-state index contributed by atoms with van der Waals surface area (Å²) in [5.41, 5.74) is 1.91. The number of likely N-dealkylation sites (tertiary alicyclic amines) is 1. The van der Waals surface area contributed by atoms with Crippen LogP contribution in [0.4, 0.5) is 4.79 Å². The molecule has 1 fully saturated rings. The van der Waals surface area contributed by atoms with Crippen molar-refractivity contribution in [1.82, 2.24) is 24.9 Å². The Morgan fingerprint density at radius 1 is 1.32 bits per heavy atom. The molecule has 0 atom stereocenters. The Bertz CT molecular complexity index is 807. The second-order valence-electron chi connectivity index (χ2n) is 6.33. The van der Waals surface area contributed by atoms with Gasteiger partial charge in [-0.3, -0.25) is 0 Å². The van der Waals surface area contributed by atoms with Gasteiger partial charge in [0, 0.05) is 32.1 Å². The summed E-state index contributed by atoms with van der Waals surface area (Å²) in [6, 6.07) is 7.61. The minimum atomic E-state index is -3.20. The van der Waals surface area contributed by atoms with Gasteiger partial charge in [-0.15, -0.1) is 0 Å². The SMILES string of the molecule is CS(=O)(=O)NC1CCN(C(=O)NCCc2nc3ccccc3[nH]2)CC1. The number of piperidine rings is 1. The minimum Gasteiger partial charge on any atom is -0.342 e. The maximum atomic E-state index is 12.2. The number of amides is 2. The lowest BCUT2D eigenvalue weighted by Gasteiger charge is -2.31. The lowest BCUT2D eigenvalue weighted by atomic mass is 10.1. The van der Waals surface area contributed by atoms with Gasteiger partial charge in [0.05, 0.1) is 17.3 Å². The molecule has 9 heteroatoms. The zero-order valence-corrected chi connectivity index (χ0v) is 15.0. The van der Waals surface area contributed by atoms with Gasteiger partial charge in [0.25, 0.3) is 0 Å². The Morgan fingerprint density at radius 3 is 2.72 bits per heavy atom. The van der Waals surface area contributed by atoms with Gasteiger partial charge < -0.3 is 15.2 Å². The first-order chi connectivity index (χ1) is 11.9. The molecular formula is C16H23N5O3S. The van der Waals surface area contributed by atoms with Crippen LogP contribution in [0.25, 0.3) is 11.0 Å². The van der Waals surface area contributed by atoms with Crippen LogP contribution in [0.1, 0.15) is 18.7 Å². The van der Waals surface area contributed by atoms with E-state index >= 15 is 0 Å². The van der Waals surface area contributed by atoms with E-state index in [0.717, 1.165) is 23.1 Å². The van der Waals surface area contributed by atoms with Gasteiger partial charge in [-0.1, -0.05) is 12.1 Å². The molecule has 2 aromatic rings. The van der Waals surface area contributed by atoms with Crippen LogP contribution in [0.5, 0.6) is 0 Å². The number of hydrogen-bond acceptors (Lipinski definition) is 4. The van der Waals surface area contributed by atoms with Gasteiger partial charge in [-0.2, -0.15) is 0 Å². The summed E-state index contributed by atoms with van der Waals surface area (Å²) in [4.78, 5) is 21.6. The lowest BCUT2D eigenvalue weighted by molar-refractivity contribution is 0.180. The first kappa shape index (κ1) is 17.7. The molecule has 1 aliphatic heterocycles. The Balaban J connectivity index is 1.42. The summed E-state index contributed by atoms with van der Waals surface area (Å²) in [6.07, 6.45) is 3.05. The molecule has 0 spiro atoms. The van der Waals surface area contributed by atoms with Gasteiger partial charge in [-0.25, -0.2) is 22.9 Å². The zero-order valence-electron chi connectivity index (χ0n) is 14.2. The number of carbonyl (C=O) groups is 1. The Morgan fingerprint density at radius 2 is 2.04 bits per heavy atom. The molecule has 1 aliphatic rings. The van der Waals surface area contributed by atoms with Crippen LogP contribution in [0, 0.1) is 0 Å². The Labute approximate surface area is 147 Å². The molecule has 0 saturated carbocycles. The second kappa shape index (κ2) is 7.40. The predicted octanol–water partition coefficient (Wildman–Crippen LogP) is 0.829. The quantitative estimate of drug-likeness (QED) is 0.729. The van der Waals surface area contributed by atoms with Crippen LogP contribution >= 0.6 is 0 Å². The first-order valence-corrected chi connectivity index (χ1v) is 10.2. The number of benzene rings is 1. The fraction of sp³-hybridized carbons (Fsp3) is 0.500. The fourth-order valence-electron chi connectivity index (χ4n) is 3.03. The number of aromatic amines is 1. The van der Waals surface area contributed by atoms with E-state index in [1.54, 1.807) is 4.90 Å². The third kappa shape index (κ3) is 4.93. The van der Waals surface area contributed by atoms with E-state index in [1.165, 1.54) is 0 Å². The summed E-state index contributed by atoms with van der Waals surface area (Å²) in [6.45, 7) is 1.59. The molecule has 2 heterocycles. The smallest absolute Gasteiger partial charge is 0.317 e. The van der Waals surface area contributed by atoms with Crippen molar-refractivity contribution in [2.24, 2.45) is 0 Å². The number of urea groups is 1. The molecule has 3 rings (SSSR count). The molecule has 136 valence electrons. The van der Waals surface area contributed by atoms with Crippen molar-refractivity contribution >= 4 is 27.1 Å². The highest BCUT2D eigenvalue weighted by Gasteiger charge is 2.24. The highest BCUT2D eigenvalue weighted by molar-refractivity contribution is 7.88. The van der Waals surface area contributed by atoms with Crippen molar-refractivity contribution in [2.75, 3.05) is 25.9 Å². The van der Waals surface area contributed by atoms with Crippen LogP contribution in [-0.2, 0) is 16.4 Å². The minimum absolute atomic E-state index is 0.0883. The molecule has 1 saturated heterocycles. The number of nitrogens with zero attached hydrogens (tertiary/aromatic N) is 2. The lowest BCUT2D eigenvalue weighted by Crippen LogP contribution is -2.49. The highest BCUT2D eigenvalue weighted by atomic mass is 32.2. The molecule has 2 amide bonds. The van der Waals surface area contributed by atoms with E-state index in [0.29, 0.717) is 38.9 Å². The number of hydrogen-bond donors (Lipinski definition) is 3. The average Bonchev–Trinajstić information content (AvgIpc) is 2.96. The molecule has 0 unspecified atom stereocenters. The number of fused-ring (bicyclic) bond motifs is 1. The van der Waals surface area contributed by atoms with Crippen molar-refractivity contribution in [2.45, 2.75) is 25.3 Å². The molecule has 0 aliphatic carbocycles. The topological polar surface area (TPSA) is 107 Å². The average molecular weight is 365 g/mol. The molecule has 0 bridgehead atoms. The number of sulfonamides is 1. The van der Waals surface area contributed by atoms with Gasteiger partial charge in [-0.05, 0) is 25.0 Å². The maximum absolute atomic E-state index is 12.2. The number of H-pyrrole nitrogens is 1. The van der Waals surface area contributed by atoms with E-state index < -0.39 is 10.0 Å². The largest absolute Gasteiger partial charge is 0.342 e. The summed E-state index contributed by atoms with van der Waals surface area (Å²) >= 11 is 0. The predicted molar refractivity (Wildman–Crippen MR) is 95.8 cm³/mol. The number of carbonyl (C=O) groups excluding carboxylic acids is 1. The molecule has 1 aromatic heterocycles. The van der Waals surface area contributed by atoms with Crippen LogP contribution in [-0.4, -0.2) is 61.2 Å². The van der Waals surface area contributed by atoms with E-state index in [1.807, 2.05) is 24.3 Å². The maximum Gasteiger partial charge on any atom is 0.317 e. The Kier molecular flexibility index (Phi) is 5.24. The number of aromatic nitrogens is 2. The van der Waals surface area contributed by atoms with Crippen molar-refractivity contribution in [1.29, 1.82) is 0 Å². The number of rotatable bonds is 5. The van der Waals surface area contributed by atoms with Crippen molar-refractivity contribution in [3.05, 3.63) is 30.1 Å². The normalized spacial score (nSPS) is 16.3. The standard InChI is InChI=1S/C16H23N5O3S/c1-25(23,24)20-12-7-10-21(11-8-12)16(22)17-9-6-15-18-13-4-2-3-5-14(13)19-15/h2-5,12,20H,6-11H2,1H3,(H,17,22)(H,18,19). The third-order valence-corrected chi connectivity index (χ3v) is 5.00. The summed E-state index contributed by atoms with van der Waals surface area (Å²) < 4.78 is 25.1. The van der Waals surface area contributed by atoms with Gasteiger partial charge >= 0.3 is 6.03 Å².